The van der Waals surface area contributed by atoms with Crippen molar-refractivity contribution in [3.8, 4) is 11.7 Å². The van der Waals surface area contributed by atoms with Crippen molar-refractivity contribution in [2.75, 3.05) is 0 Å². The molecule has 5 heteroatoms. The fourth-order valence-electron chi connectivity index (χ4n) is 4.35. The van der Waals surface area contributed by atoms with Crippen molar-refractivity contribution < 1.29 is 13.9 Å². The summed E-state index contributed by atoms with van der Waals surface area (Å²) in [5.74, 6) is 2.10. The highest BCUT2D eigenvalue weighted by Gasteiger charge is 2.40. The molecule has 2 saturated carbocycles. The molecular weight excluding hydrogens is 316 g/mol. The maximum absolute atomic E-state index is 12.6. The van der Waals surface area contributed by atoms with Crippen LogP contribution in [0.3, 0.4) is 0 Å². The number of amides is 1. The number of benzene rings is 1. The second-order valence-electron chi connectivity index (χ2n) is 7.22. The van der Waals surface area contributed by atoms with Crippen LogP contribution in [0.1, 0.15) is 42.7 Å². The molecule has 2 fully saturated rings. The number of fused-ring (bicyclic) bond motifs is 2. The molecule has 5 nitrogen and oxygen atoms in total. The molecule has 1 aromatic heterocycles. The Kier molecular flexibility index (Phi) is 4.49. The van der Waals surface area contributed by atoms with Gasteiger partial charge in [-0.2, -0.15) is 0 Å². The number of hydrogen-bond donors (Lipinski definition) is 2. The van der Waals surface area contributed by atoms with Gasteiger partial charge in [-0.1, -0.05) is 24.6 Å². The van der Waals surface area contributed by atoms with Crippen LogP contribution in [0.2, 0.25) is 0 Å². The van der Waals surface area contributed by atoms with Crippen molar-refractivity contribution in [1.29, 1.82) is 0 Å². The number of carbonyl (C=O) groups excluding carboxylic acids is 1. The van der Waals surface area contributed by atoms with Gasteiger partial charge in [-0.3, -0.25) is 4.79 Å². The van der Waals surface area contributed by atoms with Crippen molar-refractivity contribution in [2.24, 2.45) is 17.6 Å². The first-order valence-electron chi connectivity index (χ1n) is 9.08. The van der Waals surface area contributed by atoms with Crippen molar-refractivity contribution >= 4 is 5.91 Å². The average molecular weight is 340 g/mol. The van der Waals surface area contributed by atoms with E-state index in [1.54, 1.807) is 12.1 Å². The van der Waals surface area contributed by atoms with Gasteiger partial charge in [0.1, 0.15) is 5.75 Å². The summed E-state index contributed by atoms with van der Waals surface area (Å²) < 4.78 is 11.2. The molecule has 1 heterocycles. The number of para-hydroxylation sites is 1. The van der Waals surface area contributed by atoms with E-state index in [0.29, 0.717) is 29.3 Å². The van der Waals surface area contributed by atoms with Crippen LogP contribution >= 0.6 is 0 Å². The summed E-state index contributed by atoms with van der Waals surface area (Å²) in [5, 5.41) is 3.19. The molecule has 1 amide bonds. The molecule has 2 bridgehead atoms. The van der Waals surface area contributed by atoms with Gasteiger partial charge in [-0.15, -0.1) is 0 Å². The minimum Gasteiger partial charge on any atom is -0.426 e. The summed E-state index contributed by atoms with van der Waals surface area (Å²) in [4.78, 5) is 12.6. The summed E-state index contributed by atoms with van der Waals surface area (Å²) in [6, 6.07) is 13.2. The molecule has 2 aliphatic carbocycles. The first-order valence-corrected chi connectivity index (χ1v) is 9.08. The minimum atomic E-state index is -0.166. The number of nitrogens with two attached hydrogens (primary N) is 1. The Morgan fingerprint density at radius 2 is 1.80 bits per heavy atom. The second-order valence-corrected chi connectivity index (χ2v) is 7.22. The standard InChI is InChI=1S/C20H24N2O3/c21-15-11-13-5-4-6-14(12-15)19(13)22-20(23)17-9-10-18(25-17)24-16-7-2-1-3-8-16/h1-3,7-10,13-15,19H,4-6,11-12,21H2,(H,22,23). The van der Waals surface area contributed by atoms with E-state index in [2.05, 4.69) is 5.32 Å². The molecule has 4 rings (SSSR count). The fraction of sp³-hybridized carbons (Fsp3) is 0.450. The zero-order chi connectivity index (χ0) is 17.2. The van der Waals surface area contributed by atoms with E-state index in [9.17, 15) is 4.79 Å². The summed E-state index contributed by atoms with van der Waals surface area (Å²) in [6.45, 7) is 0. The van der Waals surface area contributed by atoms with Gasteiger partial charge >= 0.3 is 0 Å². The molecule has 132 valence electrons. The lowest BCUT2D eigenvalue weighted by atomic mass is 9.67. The van der Waals surface area contributed by atoms with E-state index < -0.39 is 0 Å². The van der Waals surface area contributed by atoms with Crippen LogP contribution in [0.15, 0.2) is 46.9 Å². The number of carbonyl (C=O) groups is 1. The third-order valence-corrected chi connectivity index (χ3v) is 5.44. The molecule has 2 aromatic rings. The fourth-order valence-corrected chi connectivity index (χ4v) is 4.35. The average Bonchev–Trinajstić information content (AvgIpc) is 3.05. The summed E-state index contributed by atoms with van der Waals surface area (Å²) >= 11 is 0. The van der Waals surface area contributed by atoms with E-state index in [4.69, 9.17) is 14.9 Å². The lowest BCUT2D eigenvalue weighted by Gasteiger charge is -2.45. The minimum absolute atomic E-state index is 0.166. The quantitative estimate of drug-likeness (QED) is 0.889. The molecule has 2 unspecified atom stereocenters. The van der Waals surface area contributed by atoms with E-state index in [0.717, 1.165) is 25.7 Å². The number of rotatable bonds is 4. The lowest BCUT2D eigenvalue weighted by Crippen LogP contribution is -2.53. The van der Waals surface area contributed by atoms with Gasteiger partial charge in [0, 0.05) is 18.2 Å². The van der Waals surface area contributed by atoms with Crippen LogP contribution < -0.4 is 15.8 Å². The predicted molar refractivity (Wildman–Crippen MR) is 94.5 cm³/mol. The van der Waals surface area contributed by atoms with Crippen LogP contribution in [0.25, 0.3) is 0 Å². The summed E-state index contributed by atoms with van der Waals surface area (Å²) in [5.41, 5.74) is 6.16. The SMILES string of the molecule is NC1CC2CCCC(C1)C2NC(=O)c1ccc(Oc2ccccc2)o1. The topological polar surface area (TPSA) is 77.5 Å². The van der Waals surface area contributed by atoms with E-state index in [1.165, 1.54) is 6.42 Å². The Morgan fingerprint density at radius 3 is 2.52 bits per heavy atom. The highest BCUT2D eigenvalue weighted by molar-refractivity contribution is 5.91. The molecule has 2 aliphatic rings. The highest BCUT2D eigenvalue weighted by atomic mass is 16.6. The van der Waals surface area contributed by atoms with Crippen LogP contribution in [0.5, 0.6) is 11.7 Å². The lowest BCUT2D eigenvalue weighted by molar-refractivity contribution is 0.0728. The largest absolute Gasteiger partial charge is 0.426 e. The molecule has 0 radical (unpaired) electrons. The Balaban J connectivity index is 1.42. The Labute approximate surface area is 147 Å². The molecule has 0 spiro atoms. The third-order valence-electron chi connectivity index (χ3n) is 5.44. The first kappa shape index (κ1) is 16.2. The van der Waals surface area contributed by atoms with Crippen LogP contribution in [-0.4, -0.2) is 18.0 Å². The normalized spacial score (nSPS) is 28.4. The molecule has 0 saturated heterocycles. The Bertz CT molecular complexity index is 714. The maximum Gasteiger partial charge on any atom is 0.290 e. The Morgan fingerprint density at radius 1 is 1.08 bits per heavy atom. The van der Waals surface area contributed by atoms with Crippen molar-refractivity contribution in [2.45, 2.75) is 44.2 Å². The van der Waals surface area contributed by atoms with Gasteiger partial charge in [-0.25, -0.2) is 0 Å². The smallest absolute Gasteiger partial charge is 0.290 e. The summed E-state index contributed by atoms with van der Waals surface area (Å²) in [6.07, 6.45) is 5.54. The molecular formula is C20H24N2O3. The number of furan rings is 1. The van der Waals surface area contributed by atoms with Crippen LogP contribution in [0.4, 0.5) is 0 Å². The zero-order valence-corrected chi connectivity index (χ0v) is 14.2. The van der Waals surface area contributed by atoms with E-state index >= 15 is 0 Å². The van der Waals surface area contributed by atoms with Gasteiger partial charge in [0.15, 0.2) is 5.76 Å². The summed E-state index contributed by atoms with van der Waals surface area (Å²) in [7, 11) is 0. The molecule has 25 heavy (non-hydrogen) atoms. The molecule has 1 aromatic carbocycles. The maximum atomic E-state index is 12.6. The van der Waals surface area contributed by atoms with Crippen molar-refractivity contribution in [3.63, 3.8) is 0 Å². The van der Waals surface area contributed by atoms with E-state index in [-0.39, 0.29) is 18.0 Å². The van der Waals surface area contributed by atoms with E-state index in [1.807, 2.05) is 30.3 Å². The highest BCUT2D eigenvalue weighted by Crippen LogP contribution is 2.39. The van der Waals surface area contributed by atoms with Gasteiger partial charge < -0.3 is 20.2 Å². The van der Waals surface area contributed by atoms with Crippen molar-refractivity contribution in [1.82, 2.24) is 5.32 Å². The Hall–Kier alpha value is -2.27. The van der Waals surface area contributed by atoms with Gasteiger partial charge in [-0.05, 0) is 55.7 Å². The van der Waals surface area contributed by atoms with Crippen LogP contribution in [-0.2, 0) is 0 Å². The predicted octanol–water partition coefficient (Wildman–Crippen LogP) is 3.71. The van der Waals surface area contributed by atoms with Crippen molar-refractivity contribution in [3.05, 3.63) is 48.2 Å². The van der Waals surface area contributed by atoms with Crippen LogP contribution in [0, 0.1) is 11.8 Å². The molecule has 2 atom stereocenters. The van der Waals surface area contributed by atoms with Gasteiger partial charge in [0.2, 0.25) is 0 Å². The van der Waals surface area contributed by atoms with Gasteiger partial charge in [0.25, 0.3) is 11.9 Å². The number of nitrogens with one attached hydrogen (secondary N) is 1. The number of hydrogen-bond acceptors (Lipinski definition) is 4. The second kappa shape index (κ2) is 6.92. The molecule has 3 N–H and O–H groups in total. The first-order chi connectivity index (χ1) is 12.2. The molecule has 0 aliphatic heterocycles. The monoisotopic (exact) mass is 340 g/mol. The zero-order valence-electron chi connectivity index (χ0n) is 14.2. The van der Waals surface area contributed by atoms with Gasteiger partial charge in [0.05, 0.1) is 0 Å². The third kappa shape index (κ3) is 3.56. The number of ether oxygens (including phenoxy) is 1.